The van der Waals surface area contributed by atoms with Crippen LogP contribution >= 0.6 is 0 Å². The molecule has 0 fully saturated rings. The Morgan fingerprint density at radius 3 is 3.07 bits per heavy atom. The number of nitrogens with one attached hydrogen (secondary N) is 1. The third-order valence-electron chi connectivity index (χ3n) is 2.80. The average Bonchev–Trinajstić information content (AvgIpc) is 2.58. The lowest BCUT2D eigenvalue weighted by Crippen LogP contribution is -2.26. The third-order valence-corrected chi connectivity index (χ3v) is 2.80. The number of para-hydroxylation sites is 1. The third kappa shape index (κ3) is 2.07. The number of benzene rings is 1. The minimum Gasteiger partial charge on any atom is -0.495 e. The van der Waals surface area contributed by atoms with E-state index in [1.54, 1.807) is 7.11 Å². The van der Waals surface area contributed by atoms with Gasteiger partial charge in [-0.2, -0.15) is 0 Å². The highest BCUT2D eigenvalue weighted by Crippen LogP contribution is 2.35. The molecule has 3 heteroatoms. The van der Waals surface area contributed by atoms with Crippen LogP contribution in [0.2, 0.25) is 0 Å². The van der Waals surface area contributed by atoms with Crippen LogP contribution in [0.1, 0.15) is 18.9 Å². The fraction of sp³-hybridized carbons (Fsp3) is 0.500. The molecule has 2 atom stereocenters. The molecule has 2 rings (SSSR count). The Bertz CT molecular complexity index is 349. The fourth-order valence-electron chi connectivity index (χ4n) is 2.19. The van der Waals surface area contributed by atoms with Crippen LogP contribution in [0.15, 0.2) is 18.2 Å². The molecule has 0 aliphatic carbocycles. The summed E-state index contributed by atoms with van der Waals surface area (Å²) in [7, 11) is 1.70. The smallest absolute Gasteiger partial charge is 0.142 e. The predicted octanol–water partition coefficient (Wildman–Crippen LogP) is 1.77. The number of methoxy groups -OCH3 is 1. The second kappa shape index (κ2) is 4.11. The molecule has 0 aromatic heterocycles. The van der Waals surface area contributed by atoms with Crippen LogP contribution in [-0.4, -0.2) is 19.2 Å². The van der Waals surface area contributed by atoms with Crippen molar-refractivity contribution in [1.82, 2.24) is 0 Å². The Labute approximate surface area is 90.6 Å². The zero-order chi connectivity index (χ0) is 10.8. The summed E-state index contributed by atoms with van der Waals surface area (Å²) in [5, 5.41) is 3.48. The largest absolute Gasteiger partial charge is 0.495 e. The molecule has 82 valence electrons. The van der Waals surface area contributed by atoms with Gasteiger partial charge in [0.2, 0.25) is 0 Å². The van der Waals surface area contributed by atoms with Crippen molar-refractivity contribution in [1.29, 1.82) is 0 Å². The van der Waals surface area contributed by atoms with Gasteiger partial charge in [-0.25, -0.2) is 0 Å². The lowest BCUT2D eigenvalue weighted by Gasteiger charge is -2.14. The monoisotopic (exact) mass is 206 g/mol. The van der Waals surface area contributed by atoms with Crippen molar-refractivity contribution in [3.8, 4) is 5.75 Å². The molecule has 1 aromatic rings. The molecule has 2 unspecified atom stereocenters. The van der Waals surface area contributed by atoms with Crippen molar-refractivity contribution >= 4 is 5.69 Å². The van der Waals surface area contributed by atoms with Gasteiger partial charge in [-0.3, -0.25) is 0 Å². The molecule has 0 bridgehead atoms. The van der Waals surface area contributed by atoms with Crippen LogP contribution in [0.25, 0.3) is 0 Å². The van der Waals surface area contributed by atoms with Gasteiger partial charge in [0.15, 0.2) is 0 Å². The quantitative estimate of drug-likeness (QED) is 0.792. The molecular formula is C12H18N2O. The first-order chi connectivity index (χ1) is 7.20. The van der Waals surface area contributed by atoms with E-state index in [4.69, 9.17) is 10.5 Å². The standard InChI is InChI=1S/C12H18N2O/c1-8(13)6-10-7-9-4-3-5-11(15-2)12(9)14-10/h3-5,8,10,14H,6-7,13H2,1-2H3. The molecular weight excluding hydrogens is 188 g/mol. The Balaban J connectivity index is 2.16. The van der Waals surface area contributed by atoms with Crippen molar-refractivity contribution in [2.24, 2.45) is 5.73 Å². The molecule has 0 spiro atoms. The van der Waals surface area contributed by atoms with Crippen molar-refractivity contribution in [2.75, 3.05) is 12.4 Å². The number of hydrogen-bond donors (Lipinski definition) is 2. The molecule has 0 saturated heterocycles. The first kappa shape index (κ1) is 10.3. The van der Waals surface area contributed by atoms with Crippen LogP contribution in [0.5, 0.6) is 5.75 Å². The molecule has 1 heterocycles. The van der Waals surface area contributed by atoms with E-state index in [1.807, 2.05) is 19.1 Å². The van der Waals surface area contributed by atoms with Gasteiger partial charge in [0, 0.05) is 12.1 Å². The molecule has 0 saturated carbocycles. The fourth-order valence-corrected chi connectivity index (χ4v) is 2.19. The Morgan fingerprint density at radius 1 is 1.60 bits per heavy atom. The van der Waals surface area contributed by atoms with Gasteiger partial charge >= 0.3 is 0 Å². The highest BCUT2D eigenvalue weighted by Gasteiger charge is 2.23. The van der Waals surface area contributed by atoms with E-state index in [0.29, 0.717) is 6.04 Å². The Morgan fingerprint density at radius 2 is 2.40 bits per heavy atom. The van der Waals surface area contributed by atoms with Crippen LogP contribution in [0.3, 0.4) is 0 Å². The van der Waals surface area contributed by atoms with E-state index in [2.05, 4.69) is 11.4 Å². The lowest BCUT2D eigenvalue weighted by molar-refractivity contribution is 0.416. The first-order valence-corrected chi connectivity index (χ1v) is 5.38. The molecule has 1 aromatic carbocycles. The van der Waals surface area contributed by atoms with Crippen LogP contribution < -0.4 is 15.8 Å². The van der Waals surface area contributed by atoms with Crippen molar-refractivity contribution in [3.05, 3.63) is 23.8 Å². The number of anilines is 1. The van der Waals surface area contributed by atoms with E-state index in [-0.39, 0.29) is 6.04 Å². The summed E-state index contributed by atoms with van der Waals surface area (Å²) in [4.78, 5) is 0. The summed E-state index contributed by atoms with van der Waals surface area (Å²) < 4.78 is 5.32. The van der Waals surface area contributed by atoms with E-state index >= 15 is 0 Å². The highest BCUT2D eigenvalue weighted by atomic mass is 16.5. The Hall–Kier alpha value is -1.22. The second-order valence-corrected chi connectivity index (χ2v) is 4.25. The number of ether oxygens (including phenoxy) is 1. The van der Waals surface area contributed by atoms with E-state index in [0.717, 1.165) is 24.3 Å². The summed E-state index contributed by atoms with van der Waals surface area (Å²) in [6.45, 7) is 2.04. The molecule has 3 N–H and O–H groups in total. The summed E-state index contributed by atoms with van der Waals surface area (Å²) in [6.07, 6.45) is 2.05. The van der Waals surface area contributed by atoms with Gasteiger partial charge in [-0.1, -0.05) is 12.1 Å². The average molecular weight is 206 g/mol. The summed E-state index contributed by atoms with van der Waals surface area (Å²) in [5.41, 5.74) is 8.28. The minimum absolute atomic E-state index is 0.239. The maximum atomic E-state index is 5.81. The number of fused-ring (bicyclic) bond motifs is 1. The van der Waals surface area contributed by atoms with Crippen molar-refractivity contribution < 1.29 is 4.74 Å². The number of rotatable bonds is 3. The Kier molecular flexibility index (Phi) is 2.82. The van der Waals surface area contributed by atoms with Crippen molar-refractivity contribution in [3.63, 3.8) is 0 Å². The second-order valence-electron chi connectivity index (χ2n) is 4.25. The molecule has 0 radical (unpaired) electrons. The minimum atomic E-state index is 0.239. The topological polar surface area (TPSA) is 47.3 Å². The van der Waals surface area contributed by atoms with Gasteiger partial charge in [-0.15, -0.1) is 0 Å². The number of nitrogens with two attached hydrogens (primary N) is 1. The van der Waals surface area contributed by atoms with Gasteiger partial charge in [0.25, 0.3) is 0 Å². The summed E-state index contributed by atoms with van der Waals surface area (Å²) in [6, 6.07) is 6.86. The molecule has 0 amide bonds. The first-order valence-electron chi connectivity index (χ1n) is 5.38. The maximum Gasteiger partial charge on any atom is 0.142 e. The zero-order valence-corrected chi connectivity index (χ0v) is 9.29. The highest BCUT2D eigenvalue weighted by molar-refractivity contribution is 5.66. The SMILES string of the molecule is COc1cccc2c1NC(CC(C)N)C2. The van der Waals surface area contributed by atoms with Crippen molar-refractivity contribution in [2.45, 2.75) is 31.8 Å². The molecule has 1 aliphatic heterocycles. The lowest BCUT2D eigenvalue weighted by atomic mass is 10.0. The summed E-state index contributed by atoms with van der Waals surface area (Å²) >= 11 is 0. The molecule has 3 nitrogen and oxygen atoms in total. The van der Waals surface area contributed by atoms with Gasteiger partial charge < -0.3 is 15.8 Å². The van der Waals surface area contributed by atoms with E-state index in [1.165, 1.54) is 5.56 Å². The summed E-state index contributed by atoms with van der Waals surface area (Å²) in [5.74, 6) is 0.930. The van der Waals surface area contributed by atoms with Crippen LogP contribution in [0.4, 0.5) is 5.69 Å². The van der Waals surface area contributed by atoms with Crippen LogP contribution in [0, 0.1) is 0 Å². The van der Waals surface area contributed by atoms with Gasteiger partial charge in [0.05, 0.1) is 12.8 Å². The van der Waals surface area contributed by atoms with Crippen LogP contribution in [-0.2, 0) is 6.42 Å². The molecule has 1 aliphatic rings. The number of hydrogen-bond acceptors (Lipinski definition) is 3. The maximum absolute atomic E-state index is 5.81. The predicted molar refractivity (Wildman–Crippen MR) is 62.4 cm³/mol. The molecule has 15 heavy (non-hydrogen) atoms. The van der Waals surface area contributed by atoms with Gasteiger partial charge in [-0.05, 0) is 31.4 Å². The van der Waals surface area contributed by atoms with E-state index in [9.17, 15) is 0 Å². The van der Waals surface area contributed by atoms with E-state index < -0.39 is 0 Å². The van der Waals surface area contributed by atoms with Gasteiger partial charge in [0.1, 0.15) is 5.75 Å². The normalized spacial score (nSPS) is 20.6. The zero-order valence-electron chi connectivity index (χ0n) is 9.29.